The van der Waals surface area contributed by atoms with E-state index in [-0.39, 0.29) is 0 Å². The van der Waals surface area contributed by atoms with Crippen LogP contribution in [0.3, 0.4) is 0 Å². The van der Waals surface area contributed by atoms with E-state index in [0.29, 0.717) is 0 Å². The minimum atomic E-state index is 1.00. The molecule has 0 N–H and O–H groups in total. The third-order valence-corrected chi connectivity index (χ3v) is 13.9. The lowest BCUT2D eigenvalue weighted by Crippen LogP contribution is -2.12. The molecule has 0 aliphatic carbocycles. The zero-order chi connectivity index (χ0) is 42.1. The smallest absolute Gasteiger partial charge is 0.0493 e. The van der Waals surface area contributed by atoms with Crippen LogP contribution < -0.4 is 9.80 Å². The zero-order valence-corrected chi connectivity index (χ0v) is 35.5. The van der Waals surface area contributed by atoms with Gasteiger partial charge in [0.25, 0.3) is 0 Å². The number of benzene rings is 11. The highest BCUT2D eigenvalue weighted by atomic mass is 15.2. The second-order valence-electron chi connectivity index (χ2n) is 17.5. The molecule has 0 saturated heterocycles. The maximum absolute atomic E-state index is 2.51. The Kier molecular flexibility index (Phi) is 8.52. The SMILES string of the molecule is c1ccc2c(c1)CCc1ccccc1N2c1ccc2c(-c3ccc4ccccc4c3)c3cc(N4c5ccccc5CCc5ccccc54)ccc3c(-c3ccc4ccccc4c3)c2c1. The molecule has 0 atom stereocenters. The number of hydrogen-bond donors (Lipinski definition) is 0. The van der Waals surface area contributed by atoms with Gasteiger partial charge in [0, 0.05) is 34.1 Å². The highest BCUT2D eigenvalue weighted by Crippen LogP contribution is 2.50. The van der Waals surface area contributed by atoms with E-state index >= 15 is 0 Å². The molecule has 0 amide bonds. The Balaban J connectivity index is 1.16. The first-order chi connectivity index (χ1) is 31.7. The maximum atomic E-state index is 2.51. The molecule has 2 heterocycles. The van der Waals surface area contributed by atoms with Crippen molar-refractivity contribution < 1.29 is 0 Å². The summed E-state index contributed by atoms with van der Waals surface area (Å²) in [5, 5.41) is 9.90. The number of para-hydroxylation sites is 4. The van der Waals surface area contributed by atoms with Gasteiger partial charge in [-0.05, 0) is 174 Å². The van der Waals surface area contributed by atoms with E-state index in [1.807, 2.05) is 0 Å². The van der Waals surface area contributed by atoms with Crippen LogP contribution in [0.4, 0.5) is 34.1 Å². The largest absolute Gasteiger partial charge is 0.310 e. The molecule has 11 aromatic rings. The van der Waals surface area contributed by atoms with Crippen LogP contribution in [0.1, 0.15) is 22.3 Å². The van der Waals surface area contributed by atoms with Crippen molar-refractivity contribution in [2.24, 2.45) is 0 Å². The van der Waals surface area contributed by atoms with E-state index in [2.05, 4.69) is 228 Å². The van der Waals surface area contributed by atoms with Gasteiger partial charge in [0.2, 0.25) is 0 Å². The van der Waals surface area contributed by atoms with E-state index in [0.717, 1.165) is 37.1 Å². The Morgan fingerprint density at radius 2 is 0.578 bits per heavy atom. The van der Waals surface area contributed by atoms with Gasteiger partial charge < -0.3 is 9.80 Å². The normalized spacial score (nSPS) is 13.3. The lowest BCUT2D eigenvalue weighted by molar-refractivity contribution is 0.977. The quantitative estimate of drug-likeness (QED) is 0.163. The Morgan fingerprint density at radius 1 is 0.250 bits per heavy atom. The summed E-state index contributed by atoms with van der Waals surface area (Å²) >= 11 is 0. The van der Waals surface area contributed by atoms with Gasteiger partial charge in [-0.3, -0.25) is 0 Å². The van der Waals surface area contributed by atoms with Gasteiger partial charge in [-0.1, -0.05) is 158 Å². The fourth-order valence-electron chi connectivity index (χ4n) is 10.9. The average molecular weight is 817 g/mol. The van der Waals surface area contributed by atoms with Crippen LogP contribution in [0, 0.1) is 0 Å². The van der Waals surface area contributed by atoms with E-state index in [4.69, 9.17) is 0 Å². The van der Waals surface area contributed by atoms with Gasteiger partial charge in [-0.25, -0.2) is 0 Å². The standard InChI is InChI=1S/C62H44N2/c1-3-19-47-37-49(31-25-41(47)13-1)61-53-35-33-52(64-59-23-11-7-17-45(59)29-30-46-18-8-12-24-60(46)64)40-56(53)62(50-32-26-42-14-2-4-20-48(42)38-50)54-36-34-51(39-55(54)61)63-57-21-9-5-15-43(57)27-28-44-16-6-10-22-58(44)63/h1-26,31-40H,27-30H2. The minimum absolute atomic E-state index is 1.00. The van der Waals surface area contributed by atoms with Crippen molar-refractivity contribution in [1.82, 2.24) is 0 Å². The van der Waals surface area contributed by atoms with Crippen LogP contribution in [-0.2, 0) is 25.7 Å². The predicted molar refractivity (Wildman–Crippen MR) is 272 cm³/mol. The van der Waals surface area contributed by atoms with Gasteiger partial charge in [0.1, 0.15) is 0 Å². The van der Waals surface area contributed by atoms with Gasteiger partial charge in [0.05, 0.1) is 0 Å². The van der Waals surface area contributed by atoms with Crippen molar-refractivity contribution in [2.75, 3.05) is 9.80 Å². The van der Waals surface area contributed by atoms with Crippen LogP contribution >= 0.6 is 0 Å². The molecule has 2 aliphatic rings. The number of hydrogen-bond acceptors (Lipinski definition) is 2. The van der Waals surface area contributed by atoms with Crippen LogP contribution in [0.15, 0.2) is 218 Å². The number of anilines is 6. The molecule has 0 aromatic heterocycles. The lowest BCUT2D eigenvalue weighted by Gasteiger charge is -2.29. The topological polar surface area (TPSA) is 6.48 Å². The summed E-state index contributed by atoms with van der Waals surface area (Å²) in [5.74, 6) is 0. The van der Waals surface area contributed by atoms with Crippen molar-refractivity contribution in [3.05, 3.63) is 241 Å². The Morgan fingerprint density at radius 3 is 0.953 bits per heavy atom. The molecule has 2 nitrogen and oxygen atoms in total. The van der Waals surface area contributed by atoms with Crippen molar-refractivity contribution in [3.8, 4) is 22.3 Å². The van der Waals surface area contributed by atoms with Gasteiger partial charge in [0.15, 0.2) is 0 Å². The number of nitrogens with zero attached hydrogens (tertiary/aromatic N) is 2. The molecule has 13 rings (SSSR count). The fourth-order valence-corrected chi connectivity index (χ4v) is 10.9. The predicted octanol–water partition coefficient (Wildman–Crippen LogP) is 16.8. The highest BCUT2D eigenvalue weighted by Gasteiger charge is 2.27. The molecule has 2 heteroatoms. The summed E-state index contributed by atoms with van der Waals surface area (Å²) < 4.78 is 0. The second kappa shape index (κ2) is 14.9. The minimum Gasteiger partial charge on any atom is -0.310 e. The Bertz CT molecular complexity index is 3320. The van der Waals surface area contributed by atoms with Crippen molar-refractivity contribution in [1.29, 1.82) is 0 Å². The number of aryl methyl sites for hydroxylation is 4. The molecule has 0 radical (unpaired) electrons. The molecule has 0 saturated carbocycles. The van der Waals surface area contributed by atoms with Crippen LogP contribution in [-0.4, -0.2) is 0 Å². The third kappa shape index (κ3) is 5.94. The van der Waals surface area contributed by atoms with Crippen molar-refractivity contribution in [3.63, 3.8) is 0 Å². The summed E-state index contributed by atoms with van der Waals surface area (Å²) in [5.41, 5.74) is 17.7. The van der Waals surface area contributed by atoms with Gasteiger partial charge >= 0.3 is 0 Å². The van der Waals surface area contributed by atoms with Crippen LogP contribution in [0.25, 0.3) is 65.3 Å². The van der Waals surface area contributed by atoms with Crippen molar-refractivity contribution in [2.45, 2.75) is 25.7 Å². The number of rotatable bonds is 4. The van der Waals surface area contributed by atoms with E-state index < -0.39 is 0 Å². The van der Waals surface area contributed by atoms with Crippen molar-refractivity contribution >= 4 is 77.2 Å². The van der Waals surface area contributed by atoms with E-state index in [1.54, 1.807) is 0 Å². The molecule has 64 heavy (non-hydrogen) atoms. The highest BCUT2D eigenvalue weighted by molar-refractivity contribution is 6.23. The monoisotopic (exact) mass is 816 g/mol. The first-order valence-electron chi connectivity index (χ1n) is 22.7. The molecule has 11 aromatic carbocycles. The Hall–Kier alpha value is -7.94. The maximum Gasteiger partial charge on any atom is 0.0493 e. The fraction of sp³-hybridized carbons (Fsp3) is 0.0645. The lowest BCUT2D eigenvalue weighted by atomic mass is 9.84. The van der Waals surface area contributed by atoms with E-state index in [9.17, 15) is 0 Å². The molecule has 302 valence electrons. The summed E-state index contributed by atoms with van der Waals surface area (Å²) in [6, 6.07) is 82.0. The van der Waals surface area contributed by atoms with Crippen LogP contribution in [0.2, 0.25) is 0 Å². The average Bonchev–Trinajstić information content (AvgIpc) is 3.63. The molecule has 0 spiro atoms. The summed E-state index contributed by atoms with van der Waals surface area (Å²) in [4.78, 5) is 5.02. The first kappa shape index (κ1) is 36.7. The van der Waals surface area contributed by atoms with Gasteiger partial charge in [-0.15, -0.1) is 0 Å². The summed E-state index contributed by atoms with van der Waals surface area (Å²) in [6.07, 6.45) is 4.02. The second-order valence-corrected chi connectivity index (χ2v) is 17.5. The molecule has 0 unspecified atom stereocenters. The molecule has 0 fully saturated rings. The van der Waals surface area contributed by atoms with E-state index in [1.165, 1.54) is 110 Å². The molecule has 2 aliphatic heterocycles. The molecule has 0 bridgehead atoms. The van der Waals surface area contributed by atoms with Crippen LogP contribution in [0.5, 0.6) is 0 Å². The third-order valence-electron chi connectivity index (χ3n) is 13.9. The molecular formula is C62H44N2. The Labute approximate surface area is 373 Å². The first-order valence-corrected chi connectivity index (χ1v) is 22.7. The summed E-state index contributed by atoms with van der Waals surface area (Å²) in [7, 11) is 0. The molecular weight excluding hydrogens is 773 g/mol. The zero-order valence-electron chi connectivity index (χ0n) is 35.5. The number of fused-ring (bicyclic) bond motifs is 8. The summed E-state index contributed by atoms with van der Waals surface area (Å²) in [6.45, 7) is 0. The van der Waals surface area contributed by atoms with Gasteiger partial charge in [-0.2, -0.15) is 0 Å².